The molecule has 0 saturated carbocycles. The molecular weight excluding hydrogens is 453 g/mol. The molecule has 1 aliphatic heterocycles. The third-order valence-electron chi connectivity index (χ3n) is 4.55. The van der Waals surface area contributed by atoms with Gasteiger partial charge in [-0.15, -0.1) is 0 Å². The molecule has 3 rings (SSSR count). The number of hydrogen-bond donors (Lipinski definition) is 1. The van der Waals surface area contributed by atoms with Gasteiger partial charge in [0.1, 0.15) is 11.5 Å². The Balaban J connectivity index is 1.46. The van der Waals surface area contributed by atoms with Crippen LogP contribution in [0.1, 0.15) is 21.7 Å². The lowest BCUT2D eigenvalue weighted by molar-refractivity contribution is -0.0334. The highest BCUT2D eigenvalue weighted by Crippen LogP contribution is 2.20. The van der Waals surface area contributed by atoms with Gasteiger partial charge in [0, 0.05) is 36.4 Å². The monoisotopic (exact) mass is 473 g/mol. The molecule has 0 spiro atoms. The Morgan fingerprint density at radius 1 is 1.33 bits per heavy atom. The third kappa shape index (κ3) is 6.21. The van der Waals surface area contributed by atoms with Crippen molar-refractivity contribution >= 4 is 46.5 Å². The van der Waals surface area contributed by atoms with E-state index in [9.17, 15) is 14.4 Å². The summed E-state index contributed by atoms with van der Waals surface area (Å²) < 4.78 is 11.1. The Morgan fingerprint density at radius 2 is 2.07 bits per heavy atom. The lowest BCUT2D eigenvalue weighted by Crippen LogP contribution is -2.46. The van der Waals surface area contributed by atoms with E-state index in [4.69, 9.17) is 32.7 Å². The van der Waals surface area contributed by atoms with Crippen LogP contribution < -0.4 is 4.87 Å². The minimum absolute atomic E-state index is 0.0674. The zero-order valence-corrected chi connectivity index (χ0v) is 18.6. The Morgan fingerprint density at radius 3 is 2.73 bits per heavy atom. The number of aromatic nitrogens is 1. The van der Waals surface area contributed by atoms with Crippen LogP contribution in [0.2, 0.25) is 10.0 Å². The average Bonchev–Trinajstić information content (AvgIpc) is 3.15. The molecule has 2 amide bonds. The topological polar surface area (TPSA) is 91.9 Å². The number of aromatic amines is 1. The molecule has 1 unspecified atom stereocenters. The summed E-state index contributed by atoms with van der Waals surface area (Å²) in [5, 5.41) is 0.955. The maximum absolute atomic E-state index is 12.4. The van der Waals surface area contributed by atoms with Gasteiger partial charge in [0.2, 0.25) is 0 Å². The van der Waals surface area contributed by atoms with Crippen LogP contribution in [0, 0.1) is 0 Å². The van der Waals surface area contributed by atoms with E-state index >= 15 is 0 Å². The number of benzene rings is 1. The number of hydrogen-bond acceptors (Lipinski definition) is 6. The van der Waals surface area contributed by atoms with Gasteiger partial charge in [-0.3, -0.25) is 9.59 Å². The highest BCUT2D eigenvalue weighted by atomic mass is 35.5. The SMILES string of the molecule is CN(CCC1CN(C(=O)OCc2cc(Cl)cc(Cl)c2)CCO1)C(=O)c1c[nH]c(=O)s1. The number of carbonyl (C=O) groups is 2. The van der Waals surface area contributed by atoms with E-state index in [0.29, 0.717) is 53.1 Å². The molecular formula is C19H21Cl2N3O5S. The van der Waals surface area contributed by atoms with Gasteiger partial charge in [-0.25, -0.2) is 4.79 Å². The zero-order chi connectivity index (χ0) is 21.7. The van der Waals surface area contributed by atoms with E-state index < -0.39 is 6.09 Å². The number of morpholine rings is 1. The van der Waals surface area contributed by atoms with Crippen molar-refractivity contribution in [2.45, 2.75) is 19.1 Å². The summed E-state index contributed by atoms with van der Waals surface area (Å²) in [6.45, 7) is 1.68. The van der Waals surface area contributed by atoms with Crippen LogP contribution in [0.4, 0.5) is 4.79 Å². The normalized spacial score (nSPS) is 16.4. The van der Waals surface area contributed by atoms with E-state index in [1.54, 1.807) is 30.1 Å². The molecule has 2 aromatic rings. The second-order valence-electron chi connectivity index (χ2n) is 6.83. The van der Waals surface area contributed by atoms with Crippen molar-refractivity contribution in [3.63, 3.8) is 0 Å². The lowest BCUT2D eigenvalue weighted by Gasteiger charge is -2.33. The minimum atomic E-state index is -0.444. The average molecular weight is 474 g/mol. The van der Waals surface area contributed by atoms with Crippen LogP contribution in [0.5, 0.6) is 0 Å². The number of thiazole rings is 1. The van der Waals surface area contributed by atoms with E-state index in [0.717, 1.165) is 11.3 Å². The maximum Gasteiger partial charge on any atom is 0.410 e. The second kappa shape index (κ2) is 10.3. The van der Waals surface area contributed by atoms with Crippen molar-refractivity contribution in [2.24, 2.45) is 0 Å². The molecule has 1 aliphatic rings. The van der Waals surface area contributed by atoms with Gasteiger partial charge < -0.3 is 24.3 Å². The van der Waals surface area contributed by atoms with E-state index in [2.05, 4.69) is 4.98 Å². The molecule has 2 heterocycles. The van der Waals surface area contributed by atoms with Gasteiger partial charge in [-0.05, 0) is 30.2 Å². The van der Waals surface area contributed by atoms with Crippen LogP contribution in [-0.2, 0) is 16.1 Å². The standard InChI is InChI=1S/C19H21Cl2N3O5S/c1-23(17(25)16-9-22-18(26)30-16)3-2-15-10-24(4-5-28-15)19(27)29-11-12-6-13(20)8-14(21)7-12/h6-9,15H,2-5,10-11H2,1H3,(H,22,26). The van der Waals surface area contributed by atoms with Crippen LogP contribution in [-0.4, -0.2) is 66.2 Å². The highest BCUT2D eigenvalue weighted by Gasteiger charge is 2.26. The maximum atomic E-state index is 12.4. The fraction of sp³-hybridized carbons (Fsp3) is 0.421. The molecule has 1 atom stereocenters. The quantitative estimate of drug-likeness (QED) is 0.694. The van der Waals surface area contributed by atoms with Crippen molar-refractivity contribution in [1.82, 2.24) is 14.8 Å². The van der Waals surface area contributed by atoms with E-state index in [-0.39, 0.29) is 23.5 Å². The first-order valence-electron chi connectivity index (χ1n) is 9.24. The van der Waals surface area contributed by atoms with E-state index in [1.165, 1.54) is 11.1 Å². The molecule has 30 heavy (non-hydrogen) atoms. The molecule has 0 radical (unpaired) electrons. The van der Waals surface area contributed by atoms with Crippen LogP contribution in [0.3, 0.4) is 0 Å². The minimum Gasteiger partial charge on any atom is -0.445 e. The van der Waals surface area contributed by atoms with Gasteiger partial charge >= 0.3 is 11.0 Å². The lowest BCUT2D eigenvalue weighted by atomic mass is 10.2. The van der Waals surface area contributed by atoms with Gasteiger partial charge in [0.15, 0.2) is 0 Å². The number of halogens is 2. The molecule has 1 fully saturated rings. The van der Waals surface area contributed by atoms with Gasteiger partial charge in [-0.1, -0.05) is 34.5 Å². The predicted octanol–water partition coefficient (Wildman–Crippen LogP) is 3.24. The molecule has 1 N–H and O–H groups in total. The predicted molar refractivity (Wildman–Crippen MR) is 114 cm³/mol. The number of amides is 2. The third-order valence-corrected chi connectivity index (χ3v) is 5.80. The fourth-order valence-corrected chi connectivity index (χ4v) is 4.26. The zero-order valence-electron chi connectivity index (χ0n) is 16.2. The molecule has 1 saturated heterocycles. The Labute approximate surface area is 187 Å². The first kappa shape index (κ1) is 22.6. The summed E-state index contributed by atoms with van der Waals surface area (Å²) in [6.07, 6.45) is 1.30. The van der Waals surface area contributed by atoms with Crippen molar-refractivity contribution in [3.05, 3.63) is 54.5 Å². The second-order valence-corrected chi connectivity index (χ2v) is 8.72. The number of ether oxygens (including phenoxy) is 2. The molecule has 1 aromatic heterocycles. The van der Waals surface area contributed by atoms with Crippen LogP contribution in [0.25, 0.3) is 0 Å². The van der Waals surface area contributed by atoms with Gasteiger partial charge in [-0.2, -0.15) is 0 Å². The first-order valence-corrected chi connectivity index (χ1v) is 10.8. The van der Waals surface area contributed by atoms with Crippen molar-refractivity contribution < 1.29 is 19.1 Å². The number of carbonyl (C=O) groups excluding carboxylic acids is 2. The largest absolute Gasteiger partial charge is 0.445 e. The van der Waals surface area contributed by atoms with Crippen LogP contribution >= 0.6 is 34.5 Å². The molecule has 8 nitrogen and oxygen atoms in total. The van der Waals surface area contributed by atoms with E-state index in [1.807, 2.05) is 0 Å². The highest BCUT2D eigenvalue weighted by molar-refractivity contribution is 7.11. The first-order chi connectivity index (χ1) is 14.3. The van der Waals surface area contributed by atoms with Gasteiger partial charge in [0.25, 0.3) is 5.91 Å². The Bertz CT molecular complexity index is 943. The van der Waals surface area contributed by atoms with Crippen molar-refractivity contribution in [3.8, 4) is 0 Å². The summed E-state index contributed by atoms with van der Waals surface area (Å²) in [6, 6.07) is 4.99. The summed E-state index contributed by atoms with van der Waals surface area (Å²) in [4.78, 5) is 41.6. The summed E-state index contributed by atoms with van der Waals surface area (Å²) >= 11 is 12.8. The number of nitrogens with zero attached hydrogens (tertiary/aromatic N) is 2. The molecule has 162 valence electrons. The molecule has 1 aromatic carbocycles. The number of nitrogens with one attached hydrogen (secondary N) is 1. The molecule has 11 heteroatoms. The van der Waals surface area contributed by atoms with Crippen molar-refractivity contribution in [1.29, 1.82) is 0 Å². The Hall–Kier alpha value is -2.07. The summed E-state index contributed by atoms with van der Waals surface area (Å²) in [7, 11) is 1.66. The molecule has 0 bridgehead atoms. The van der Waals surface area contributed by atoms with Gasteiger partial charge in [0.05, 0.1) is 19.3 Å². The fourth-order valence-electron chi connectivity index (χ4n) is 3.01. The summed E-state index contributed by atoms with van der Waals surface area (Å²) in [5.41, 5.74) is 0.706. The summed E-state index contributed by atoms with van der Waals surface area (Å²) in [5.74, 6) is -0.231. The number of H-pyrrole nitrogens is 1. The van der Waals surface area contributed by atoms with Crippen molar-refractivity contribution in [2.75, 3.05) is 33.3 Å². The molecule has 0 aliphatic carbocycles. The number of rotatable bonds is 6. The smallest absolute Gasteiger partial charge is 0.410 e. The Kier molecular flexibility index (Phi) is 7.76. The van der Waals surface area contributed by atoms with Crippen LogP contribution in [0.15, 0.2) is 29.2 Å².